The number of hydrogen-bond acceptors (Lipinski definition) is 3. The van der Waals surface area contributed by atoms with Gasteiger partial charge in [-0.25, -0.2) is 4.79 Å². The van der Waals surface area contributed by atoms with Gasteiger partial charge < -0.3 is 15.0 Å². The number of nitrogens with one attached hydrogen (secondary N) is 1. The summed E-state index contributed by atoms with van der Waals surface area (Å²) in [5.41, 5.74) is 3.02. The zero-order valence-corrected chi connectivity index (χ0v) is 17.6. The van der Waals surface area contributed by atoms with Crippen LogP contribution in [0.25, 0.3) is 0 Å². The maximum atomic E-state index is 13.3. The van der Waals surface area contributed by atoms with E-state index in [1.54, 1.807) is 0 Å². The second-order valence-electron chi connectivity index (χ2n) is 8.26. The molecule has 0 saturated carbocycles. The molecule has 30 heavy (non-hydrogen) atoms. The zero-order chi connectivity index (χ0) is 21.1. The Kier molecular flexibility index (Phi) is 5.93. The Bertz CT molecular complexity index is 907. The predicted molar refractivity (Wildman–Crippen MR) is 117 cm³/mol. The molecule has 2 aliphatic rings. The molecule has 1 atom stereocenters. The SMILES string of the molecule is Cc1ccc2c(c1)N(C(=O)N1CCC(C(=O)NCc3ccccc3)CC1)C[C@H](C)O2. The topological polar surface area (TPSA) is 61.9 Å². The summed E-state index contributed by atoms with van der Waals surface area (Å²) in [5, 5.41) is 3.03. The van der Waals surface area contributed by atoms with Crippen LogP contribution in [-0.4, -0.2) is 42.6 Å². The molecule has 0 unspecified atom stereocenters. The van der Waals surface area contributed by atoms with Gasteiger partial charge in [-0.05, 0) is 49.9 Å². The van der Waals surface area contributed by atoms with E-state index in [9.17, 15) is 9.59 Å². The van der Waals surface area contributed by atoms with Crippen LogP contribution in [0.2, 0.25) is 0 Å². The molecule has 158 valence electrons. The van der Waals surface area contributed by atoms with Gasteiger partial charge in [0.1, 0.15) is 11.9 Å². The number of urea groups is 1. The van der Waals surface area contributed by atoms with Gasteiger partial charge in [-0.3, -0.25) is 9.69 Å². The van der Waals surface area contributed by atoms with Crippen molar-refractivity contribution < 1.29 is 14.3 Å². The highest BCUT2D eigenvalue weighted by Crippen LogP contribution is 2.35. The van der Waals surface area contributed by atoms with Gasteiger partial charge in [-0.2, -0.15) is 0 Å². The minimum Gasteiger partial charge on any atom is -0.487 e. The Morgan fingerprint density at radius 2 is 1.83 bits per heavy atom. The summed E-state index contributed by atoms with van der Waals surface area (Å²) < 4.78 is 5.90. The molecule has 0 aliphatic carbocycles. The summed E-state index contributed by atoms with van der Waals surface area (Å²) in [5.74, 6) is 0.783. The number of hydrogen-bond donors (Lipinski definition) is 1. The number of ether oxygens (including phenoxy) is 1. The average Bonchev–Trinajstić information content (AvgIpc) is 2.77. The van der Waals surface area contributed by atoms with Crippen LogP contribution in [0.15, 0.2) is 48.5 Å². The van der Waals surface area contributed by atoms with Crippen molar-refractivity contribution in [2.75, 3.05) is 24.5 Å². The minimum absolute atomic E-state index is 0.000133. The minimum atomic E-state index is -0.0505. The van der Waals surface area contributed by atoms with E-state index in [-0.39, 0.29) is 24.0 Å². The van der Waals surface area contributed by atoms with Gasteiger partial charge in [-0.15, -0.1) is 0 Å². The zero-order valence-electron chi connectivity index (χ0n) is 17.6. The Balaban J connectivity index is 1.34. The molecular weight excluding hydrogens is 378 g/mol. The monoisotopic (exact) mass is 407 g/mol. The van der Waals surface area contributed by atoms with E-state index in [1.807, 2.05) is 72.2 Å². The molecule has 2 aromatic carbocycles. The largest absolute Gasteiger partial charge is 0.487 e. The first kappa shape index (κ1) is 20.3. The highest BCUT2D eigenvalue weighted by Gasteiger charge is 2.33. The number of aryl methyl sites for hydroxylation is 1. The lowest BCUT2D eigenvalue weighted by Gasteiger charge is -2.39. The van der Waals surface area contributed by atoms with Gasteiger partial charge in [0.2, 0.25) is 5.91 Å². The molecular formula is C24H29N3O3. The number of benzene rings is 2. The number of amides is 3. The van der Waals surface area contributed by atoms with E-state index < -0.39 is 0 Å². The lowest BCUT2D eigenvalue weighted by atomic mass is 9.96. The summed E-state index contributed by atoms with van der Waals surface area (Å²) in [6.45, 7) is 6.25. The molecule has 0 aromatic heterocycles. The number of anilines is 1. The number of rotatable bonds is 3. The number of nitrogens with zero attached hydrogens (tertiary/aromatic N) is 2. The number of carbonyl (C=O) groups is 2. The Morgan fingerprint density at radius 1 is 1.10 bits per heavy atom. The fourth-order valence-corrected chi connectivity index (χ4v) is 4.16. The number of likely N-dealkylation sites (tertiary alicyclic amines) is 1. The van der Waals surface area contributed by atoms with Crippen LogP contribution in [0, 0.1) is 12.8 Å². The van der Waals surface area contributed by atoms with Crippen LogP contribution in [0.3, 0.4) is 0 Å². The molecule has 2 aromatic rings. The molecule has 0 spiro atoms. The third kappa shape index (κ3) is 4.42. The summed E-state index contributed by atoms with van der Waals surface area (Å²) in [4.78, 5) is 29.5. The van der Waals surface area contributed by atoms with Gasteiger partial charge in [0.25, 0.3) is 0 Å². The fourth-order valence-electron chi connectivity index (χ4n) is 4.16. The summed E-state index contributed by atoms with van der Waals surface area (Å²) >= 11 is 0. The molecule has 0 radical (unpaired) electrons. The van der Waals surface area contributed by atoms with E-state index >= 15 is 0 Å². The molecule has 1 fully saturated rings. The summed E-state index contributed by atoms with van der Waals surface area (Å²) in [6, 6.07) is 15.9. The Hall–Kier alpha value is -3.02. The quantitative estimate of drug-likeness (QED) is 0.843. The third-order valence-electron chi connectivity index (χ3n) is 5.85. The van der Waals surface area contributed by atoms with Crippen molar-refractivity contribution in [1.29, 1.82) is 0 Å². The van der Waals surface area contributed by atoms with Crippen molar-refractivity contribution in [1.82, 2.24) is 10.2 Å². The highest BCUT2D eigenvalue weighted by atomic mass is 16.5. The van der Waals surface area contributed by atoms with Crippen LogP contribution in [0.4, 0.5) is 10.5 Å². The normalized spacial score (nSPS) is 19.1. The molecule has 6 heteroatoms. The van der Waals surface area contributed by atoms with E-state index in [4.69, 9.17) is 4.74 Å². The van der Waals surface area contributed by atoms with Gasteiger partial charge in [0.05, 0.1) is 12.2 Å². The standard InChI is InChI=1S/C24H29N3O3/c1-17-8-9-22-21(14-17)27(16-18(2)30-22)24(29)26-12-10-20(11-13-26)23(28)25-15-19-6-4-3-5-7-19/h3-9,14,18,20H,10-13,15-16H2,1-2H3,(H,25,28)/t18-/m0/s1. The molecule has 0 bridgehead atoms. The second kappa shape index (κ2) is 8.78. The van der Waals surface area contributed by atoms with Crippen molar-refractivity contribution in [3.8, 4) is 5.75 Å². The average molecular weight is 408 g/mol. The Morgan fingerprint density at radius 3 is 2.57 bits per heavy atom. The molecule has 4 rings (SSSR count). The molecule has 6 nitrogen and oxygen atoms in total. The lowest BCUT2D eigenvalue weighted by Crippen LogP contribution is -2.52. The molecule has 1 saturated heterocycles. The third-order valence-corrected chi connectivity index (χ3v) is 5.85. The van der Waals surface area contributed by atoms with Crippen LogP contribution in [-0.2, 0) is 11.3 Å². The van der Waals surface area contributed by atoms with Gasteiger partial charge in [0.15, 0.2) is 0 Å². The molecule has 3 amide bonds. The maximum absolute atomic E-state index is 13.3. The number of fused-ring (bicyclic) bond motifs is 1. The Labute approximate surface area is 177 Å². The van der Waals surface area contributed by atoms with Crippen LogP contribution < -0.4 is 15.0 Å². The number of carbonyl (C=O) groups excluding carboxylic acids is 2. The van der Waals surface area contributed by atoms with Crippen molar-refractivity contribution >= 4 is 17.6 Å². The first-order chi connectivity index (χ1) is 14.5. The van der Waals surface area contributed by atoms with Gasteiger partial charge in [-0.1, -0.05) is 36.4 Å². The molecule has 1 N–H and O–H groups in total. The van der Waals surface area contributed by atoms with Crippen LogP contribution in [0.1, 0.15) is 30.9 Å². The predicted octanol–water partition coefficient (Wildman–Crippen LogP) is 3.73. The van der Waals surface area contributed by atoms with E-state index in [0.29, 0.717) is 39.0 Å². The van der Waals surface area contributed by atoms with Gasteiger partial charge >= 0.3 is 6.03 Å². The van der Waals surface area contributed by atoms with E-state index in [0.717, 1.165) is 22.6 Å². The van der Waals surface area contributed by atoms with Crippen molar-refractivity contribution in [3.63, 3.8) is 0 Å². The van der Waals surface area contributed by atoms with Crippen LogP contribution in [0.5, 0.6) is 5.75 Å². The molecule has 2 aliphatic heterocycles. The summed E-state index contributed by atoms with van der Waals surface area (Å²) in [6.07, 6.45) is 1.32. The second-order valence-corrected chi connectivity index (χ2v) is 8.26. The first-order valence-electron chi connectivity index (χ1n) is 10.7. The van der Waals surface area contributed by atoms with E-state index in [2.05, 4.69) is 5.32 Å². The lowest BCUT2D eigenvalue weighted by molar-refractivity contribution is -0.126. The maximum Gasteiger partial charge on any atom is 0.324 e. The van der Waals surface area contributed by atoms with Crippen molar-refractivity contribution in [2.24, 2.45) is 5.92 Å². The summed E-state index contributed by atoms with van der Waals surface area (Å²) in [7, 11) is 0. The van der Waals surface area contributed by atoms with Crippen molar-refractivity contribution in [2.45, 2.75) is 39.3 Å². The van der Waals surface area contributed by atoms with Gasteiger partial charge in [0, 0.05) is 25.6 Å². The van der Waals surface area contributed by atoms with E-state index in [1.165, 1.54) is 0 Å². The fraction of sp³-hybridized carbons (Fsp3) is 0.417. The van der Waals surface area contributed by atoms with Crippen LogP contribution >= 0.6 is 0 Å². The number of piperidine rings is 1. The molecule has 2 heterocycles. The first-order valence-corrected chi connectivity index (χ1v) is 10.7. The highest BCUT2D eigenvalue weighted by molar-refractivity contribution is 5.94. The smallest absolute Gasteiger partial charge is 0.324 e. The van der Waals surface area contributed by atoms with Crippen molar-refractivity contribution in [3.05, 3.63) is 59.7 Å².